The van der Waals surface area contributed by atoms with Crippen molar-refractivity contribution in [1.29, 1.82) is 0 Å². The van der Waals surface area contributed by atoms with E-state index < -0.39 is 5.91 Å². The molecule has 3 aromatic carbocycles. The van der Waals surface area contributed by atoms with Crippen molar-refractivity contribution < 1.29 is 18.3 Å². The maximum absolute atomic E-state index is 13.1. The molecule has 0 aliphatic carbocycles. The lowest BCUT2D eigenvalue weighted by atomic mass is 10.1. The Labute approximate surface area is 184 Å². The van der Waals surface area contributed by atoms with Crippen LogP contribution in [0.1, 0.15) is 27.2 Å². The Kier molecular flexibility index (Phi) is 6.41. The number of hydrazone groups is 1. The molecule has 0 radical (unpaired) electrons. The minimum Gasteiger partial charge on any atom is -0.489 e. The fourth-order valence-corrected chi connectivity index (χ4v) is 3.19. The molecular weight excluding hydrogens is 407 g/mol. The molecule has 1 amide bonds. The zero-order chi connectivity index (χ0) is 22.3. The van der Waals surface area contributed by atoms with Crippen LogP contribution in [0.4, 0.5) is 4.39 Å². The summed E-state index contributed by atoms with van der Waals surface area (Å²) in [6, 6.07) is 20.9. The summed E-state index contributed by atoms with van der Waals surface area (Å²) >= 11 is 0. The van der Waals surface area contributed by atoms with Crippen LogP contribution in [0, 0.1) is 5.82 Å². The number of hydrogen-bond donors (Lipinski definition) is 1. The number of para-hydroxylation sites is 1. The van der Waals surface area contributed by atoms with Crippen LogP contribution in [0.5, 0.6) is 5.75 Å². The first-order chi connectivity index (χ1) is 15.6. The molecule has 0 aliphatic heterocycles. The highest BCUT2D eigenvalue weighted by atomic mass is 19.1. The van der Waals surface area contributed by atoms with Crippen molar-refractivity contribution in [3.63, 3.8) is 0 Å². The maximum atomic E-state index is 13.1. The second kappa shape index (κ2) is 9.75. The van der Waals surface area contributed by atoms with Crippen molar-refractivity contribution in [3.8, 4) is 5.75 Å². The average molecular weight is 428 g/mol. The van der Waals surface area contributed by atoms with Gasteiger partial charge in [-0.2, -0.15) is 5.10 Å². The number of hydrogen-bond acceptors (Lipinski definition) is 4. The van der Waals surface area contributed by atoms with E-state index in [-0.39, 0.29) is 11.6 Å². The van der Waals surface area contributed by atoms with E-state index in [1.807, 2.05) is 36.4 Å². The summed E-state index contributed by atoms with van der Waals surface area (Å²) in [6.07, 6.45) is 3.94. The lowest BCUT2D eigenvalue weighted by molar-refractivity contribution is 0.0929. The number of allylic oxidation sites excluding steroid dienone is 1. The predicted octanol–water partition coefficient (Wildman–Crippen LogP) is 5.64. The Balaban J connectivity index is 1.41. The molecule has 0 fully saturated rings. The second-order valence-corrected chi connectivity index (χ2v) is 7.12. The topological polar surface area (TPSA) is 63.8 Å². The largest absolute Gasteiger partial charge is 0.489 e. The molecule has 0 spiro atoms. The fourth-order valence-electron chi connectivity index (χ4n) is 3.19. The molecule has 0 aliphatic rings. The number of benzene rings is 3. The average Bonchev–Trinajstić information content (AvgIpc) is 3.24. The van der Waals surface area contributed by atoms with Crippen molar-refractivity contribution in [2.45, 2.75) is 13.0 Å². The van der Waals surface area contributed by atoms with Gasteiger partial charge in [-0.15, -0.1) is 6.58 Å². The maximum Gasteiger partial charge on any atom is 0.307 e. The molecular formula is C26H21FN2O3. The minimum absolute atomic E-state index is 0.195. The van der Waals surface area contributed by atoms with E-state index in [4.69, 9.17) is 9.15 Å². The van der Waals surface area contributed by atoms with Crippen molar-refractivity contribution in [2.75, 3.05) is 0 Å². The van der Waals surface area contributed by atoms with E-state index >= 15 is 0 Å². The SMILES string of the molecule is C=CCc1cc(/C=N/NC(=O)c2cc3ccccc3o2)ccc1OCc1ccc(F)cc1. The molecule has 4 aromatic rings. The van der Waals surface area contributed by atoms with Gasteiger partial charge >= 0.3 is 5.91 Å². The Morgan fingerprint density at radius 1 is 1.09 bits per heavy atom. The van der Waals surface area contributed by atoms with Crippen molar-refractivity contribution >= 4 is 23.1 Å². The van der Waals surface area contributed by atoms with E-state index in [9.17, 15) is 9.18 Å². The van der Waals surface area contributed by atoms with Gasteiger partial charge in [-0.05, 0) is 65.6 Å². The second-order valence-electron chi connectivity index (χ2n) is 7.12. The number of ether oxygens (including phenoxy) is 1. The normalized spacial score (nSPS) is 11.0. The summed E-state index contributed by atoms with van der Waals surface area (Å²) in [6.45, 7) is 4.12. The van der Waals surface area contributed by atoms with Crippen LogP contribution < -0.4 is 10.2 Å². The highest BCUT2D eigenvalue weighted by Gasteiger charge is 2.11. The molecule has 1 aromatic heterocycles. The van der Waals surface area contributed by atoms with Crippen LogP contribution >= 0.6 is 0 Å². The molecule has 0 saturated carbocycles. The van der Waals surface area contributed by atoms with E-state index in [0.29, 0.717) is 24.4 Å². The van der Waals surface area contributed by atoms with Gasteiger partial charge in [0, 0.05) is 5.39 Å². The molecule has 5 nitrogen and oxygen atoms in total. The third kappa shape index (κ3) is 5.10. The van der Waals surface area contributed by atoms with Crippen LogP contribution in [-0.2, 0) is 13.0 Å². The van der Waals surface area contributed by atoms with Gasteiger partial charge in [-0.25, -0.2) is 9.82 Å². The molecule has 0 saturated heterocycles. The molecule has 0 atom stereocenters. The first-order valence-electron chi connectivity index (χ1n) is 10.1. The molecule has 4 rings (SSSR count). The van der Waals surface area contributed by atoms with Gasteiger partial charge in [-0.1, -0.05) is 36.4 Å². The fraction of sp³-hybridized carbons (Fsp3) is 0.0769. The number of fused-ring (bicyclic) bond motifs is 1. The van der Waals surface area contributed by atoms with Gasteiger partial charge in [0.1, 0.15) is 23.8 Å². The molecule has 6 heteroatoms. The Morgan fingerprint density at radius 3 is 2.69 bits per heavy atom. The number of amides is 1. The highest BCUT2D eigenvalue weighted by molar-refractivity contribution is 5.96. The lowest BCUT2D eigenvalue weighted by Crippen LogP contribution is -2.16. The standard InChI is InChI=1S/C26H21FN2O3/c1-2-5-20-14-19(10-13-23(20)31-17-18-8-11-22(27)12-9-18)16-28-29-26(30)25-15-21-6-3-4-7-24(21)32-25/h2-4,6-16H,1,5,17H2,(H,29,30)/b28-16+. The minimum atomic E-state index is -0.428. The van der Waals surface area contributed by atoms with Gasteiger partial charge in [0.25, 0.3) is 0 Å². The smallest absolute Gasteiger partial charge is 0.307 e. The predicted molar refractivity (Wildman–Crippen MR) is 122 cm³/mol. The lowest BCUT2D eigenvalue weighted by Gasteiger charge is -2.11. The van der Waals surface area contributed by atoms with Crippen LogP contribution in [0.25, 0.3) is 11.0 Å². The number of nitrogens with one attached hydrogen (secondary N) is 1. The van der Waals surface area contributed by atoms with Gasteiger partial charge < -0.3 is 9.15 Å². The van der Waals surface area contributed by atoms with Gasteiger partial charge in [0.05, 0.1) is 6.21 Å². The van der Waals surface area contributed by atoms with Crippen molar-refractivity contribution in [2.24, 2.45) is 5.10 Å². The van der Waals surface area contributed by atoms with E-state index in [1.54, 1.807) is 36.6 Å². The van der Waals surface area contributed by atoms with E-state index in [2.05, 4.69) is 17.1 Å². The number of halogens is 1. The highest BCUT2D eigenvalue weighted by Crippen LogP contribution is 2.22. The monoisotopic (exact) mass is 428 g/mol. The first-order valence-corrected chi connectivity index (χ1v) is 10.1. The summed E-state index contributed by atoms with van der Waals surface area (Å²) in [7, 11) is 0. The zero-order valence-electron chi connectivity index (χ0n) is 17.3. The number of carbonyl (C=O) groups excluding carboxylic acids is 1. The number of carbonyl (C=O) groups is 1. The third-order valence-corrected chi connectivity index (χ3v) is 4.79. The number of nitrogens with zero attached hydrogens (tertiary/aromatic N) is 1. The summed E-state index contributed by atoms with van der Waals surface area (Å²) in [4.78, 5) is 12.3. The van der Waals surface area contributed by atoms with Crippen LogP contribution in [0.2, 0.25) is 0 Å². The van der Waals surface area contributed by atoms with Gasteiger partial charge in [0.2, 0.25) is 0 Å². The molecule has 1 N–H and O–H groups in total. The summed E-state index contributed by atoms with van der Waals surface area (Å²) < 4.78 is 24.5. The number of furan rings is 1. The van der Waals surface area contributed by atoms with Crippen LogP contribution in [0.15, 0.2) is 95.0 Å². The molecule has 160 valence electrons. The summed E-state index contributed by atoms with van der Waals surface area (Å²) in [5, 5.41) is 4.89. The van der Waals surface area contributed by atoms with E-state index in [1.165, 1.54) is 12.1 Å². The Morgan fingerprint density at radius 2 is 1.91 bits per heavy atom. The quantitative estimate of drug-likeness (QED) is 0.224. The van der Waals surface area contributed by atoms with Crippen molar-refractivity contribution in [1.82, 2.24) is 5.43 Å². The number of rotatable bonds is 8. The Bertz CT molecular complexity index is 1240. The summed E-state index contributed by atoms with van der Waals surface area (Å²) in [5.41, 5.74) is 5.71. The Hall–Kier alpha value is -4.19. The summed E-state index contributed by atoms with van der Waals surface area (Å²) in [5.74, 6) is 0.193. The van der Waals surface area contributed by atoms with Crippen LogP contribution in [-0.4, -0.2) is 12.1 Å². The molecule has 0 bridgehead atoms. The van der Waals surface area contributed by atoms with Crippen molar-refractivity contribution in [3.05, 3.63) is 114 Å². The molecule has 0 unspecified atom stereocenters. The third-order valence-electron chi connectivity index (χ3n) is 4.79. The molecule has 1 heterocycles. The van der Waals surface area contributed by atoms with Crippen LogP contribution in [0.3, 0.4) is 0 Å². The first kappa shape index (κ1) is 21.1. The van der Waals surface area contributed by atoms with Gasteiger partial charge in [0.15, 0.2) is 5.76 Å². The van der Waals surface area contributed by atoms with Gasteiger partial charge in [-0.3, -0.25) is 4.79 Å². The zero-order valence-corrected chi connectivity index (χ0v) is 17.3. The van der Waals surface area contributed by atoms with E-state index in [0.717, 1.165) is 22.1 Å². The molecule has 32 heavy (non-hydrogen) atoms.